The number of aryl methyl sites for hydroxylation is 1. The van der Waals surface area contributed by atoms with Gasteiger partial charge in [0.15, 0.2) is 23.1 Å². The molecule has 2 aromatic heterocycles. The molecule has 0 spiro atoms. The van der Waals surface area contributed by atoms with E-state index in [0.717, 1.165) is 55.7 Å². The number of ether oxygens (including phenoxy) is 2. The van der Waals surface area contributed by atoms with Crippen LogP contribution in [-0.4, -0.2) is 52.8 Å². The van der Waals surface area contributed by atoms with Gasteiger partial charge in [-0.1, -0.05) is 12.1 Å². The third kappa shape index (κ3) is 4.17. The molecule has 3 N–H and O–H groups in total. The summed E-state index contributed by atoms with van der Waals surface area (Å²) in [5.74, 6) is 3.69. The topological polar surface area (TPSA) is 102 Å². The monoisotopic (exact) mass is 419 g/mol. The Balaban J connectivity index is 1.23. The maximum atomic E-state index is 6.41. The molecule has 2 aliphatic rings. The molecule has 3 aromatic rings. The van der Waals surface area contributed by atoms with E-state index in [9.17, 15) is 0 Å². The van der Waals surface area contributed by atoms with Crippen LogP contribution in [-0.2, 0) is 6.54 Å². The fraction of sp³-hybridized carbons (Fsp3) is 0.318. The highest BCUT2D eigenvalue weighted by molar-refractivity contribution is 5.77. The number of nitrogens with zero attached hydrogens (tertiary/aromatic N) is 5. The van der Waals surface area contributed by atoms with Crippen LogP contribution in [0.25, 0.3) is 0 Å². The van der Waals surface area contributed by atoms with Crippen LogP contribution < -0.4 is 25.4 Å². The summed E-state index contributed by atoms with van der Waals surface area (Å²) in [6.07, 6.45) is 1.54. The number of rotatable bonds is 5. The molecular weight excluding hydrogens is 394 g/mol. The van der Waals surface area contributed by atoms with E-state index in [1.54, 1.807) is 6.33 Å². The molecule has 0 unspecified atom stereocenters. The second-order valence-electron chi connectivity index (χ2n) is 7.70. The van der Waals surface area contributed by atoms with E-state index in [1.807, 2.05) is 31.2 Å². The van der Waals surface area contributed by atoms with Gasteiger partial charge in [-0.25, -0.2) is 15.0 Å². The molecule has 0 bridgehead atoms. The molecule has 2 aliphatic heterocycles. The van der Waals surface area contributed by atoms with Gasteiger partial charge in [-0.3, -0.25) is 4.90 Å². The molecule has 0 saturated carbocycles. The Morgan fingerprint density at radius 3 is 2.71 bits per heavy atom. The Morgan fingerprint density at radius 2 is 1.87 bits per heavy atom. The van der Waals surface area contributed by atoms with Crippen molar-refractivity contribution in [3.05, 3.63) is 54.0 Å². The standard InChI is InChI=1S/C22H25N7O2/c1-15-3-2-4-19(26-15)27-21-20(23)22(25-13-24-21)29-9-7-28(8-10-29)12-16-5-6-17-18(11-16)31-14-30-17/h2-6,11,13H,7-10,12,14,23H2,1H3,(H,24,25,26,27). The van der Waals surface area contributed by atoms with Crippen LogP contribution >= 0.6 is 0 Å². The van der Waals surface area contributed by atoms with E-state index in [-0.39, 0.29) is 0 Å². The normalized spacial score (nSPS) is 15.8. The Bertz CT molecular complexity index is 1080. The smallest absolute Gasteiger partial charge is 0.231 e. The molecular formula is C22H25N7O2. The fourth-order valence-electron chi connectivity index (χ4n) is 3.89. The van der Waals surface area contributed by atoms with Crippen LogP contribution in [0, 0.1) is 6.92 Å². The minimum atomic E-state index is 0.300. The maximum absolute atomic E-state index is 6.41. The lowest BCUT2D eigenvalue weighted by Crippen LogP contribution is -2.46. The minimum absolute atomic E-state index is 0.300. The average Bonchev–Trinajstić information content (AvgIpc) is 3.24. The van der Waals surface area contributed by atoms with Gasteiger partial charge >= 0.3 is 0 Å². The highest BCUT2D eigenvalue weighted by Crippen LogP contribution is 2.33. The van der Waals surface area contributed by atoms with Gasteiger partial charge in [0.25, 0.3) is 0 Å². The van der Waals surface area contributed by atoms with Crippen LogP contribution in [0.5, 0.6) is 11.5 Å². The number of hydrogen-bond donors (Lipinski definition) is 2. The van der Waals surface area contributed by atoms with E-state index >= 15 is 0 Å². The lowest BCUT2D eigenvalue weighted by molar-refractivity contribution is 0.174. The van der Waals surface area contributed by atoms with Gasteiger partial charge < -0.3 is 25.4 Å². The molecule has 9 heteroatoms. The first-order valence-corrected chi connectivity index (χ1v) is 10.3. The number of nitrogen functional groups attached to an aromatic ring is 1. The van der Waals surface area contributed by atoms with Gasteiger partial charge in [0.2, 0.25) is 6.79 Å². The van der Waals surface area contributed by atoms with Crippen molar-refractivity contribution in [3.8, 4) is 11.5 Å². The molecule has 0 radical (unpaired) electrons. The summed E-state index contributed by atoms with van der Waals surface area (Å²) in [6.45, 7) is 6.63. The van der Waals surface area contributed by atoms with Crippen LogP contribution in [0.15, 0.2) is 42.7 Å². The van der Waals surface area contributed by atoms with Crippen LogP contribution in [0.3, 0.4) is 0 Å². The second-order valence-corrected chi connectivity index (χ2v) is 7.70. The molecule has 9 nitrogen and oxygen atoms in total. The maximum Gasteiger partial charge on any atom is 0.231 e. The van der Waals surface area contributed by atoms with Crippen LogP contribution in [0.2, 0.25) is 0 Å². The van der Waals surface area contributed by atoms with Gasteiger partial charge in [0.1, 0.15) is 17.8 Å². The summed E-state index contributed by atoms with van der Waals surface area (Å²) in [5, 5.41) is 3.21. The summed E-state index contributed by atoms with van der Waals surface area (Å²) >= 11 is 0. The third-order valence-electron chi connectivity index (χ3n) is 5.51. The predicted octanol–water partition coefficient (Wildman–Crippen LogP) is 2.56. The van der Waals surface area contributed by atoms with Gasteiger partial charge in [0.05, 0.1) is 0 Å². The van der Waals surface area contributed by atoms with E-state index in [0.29, 0.717) is 24.1 Å². The number of nitrogens with one attached hydrogen (secondary N) is 1. The lowest BCUT2D eigenvalue weighted by Gasteiger charge is -2.36. The van der Waals surface area contributed by atoms with Crippen molar-refractivity contribution in [2.45, 2.75) is 13.5 Å². The number of fused-ring (bicyclic) bond motifs is 1. The van der Waals surface area contributed by atoms with Gasteiger partial charge in [-0.15, -0.1) is 0 Å². The van der Waals surface area contributed by atoms with Crippen molar-refractivity contribution >= 4 is 23.1 Å². The first-order valence-electron chi connectivity index (χ1n) is 10.3. The van der Waals surface area contributed by atoms with E-state index in [4.69, 9.17) is 15.2 Å². The third-order valence-corrected chi connectivity index (χ3v) is 5.51. The average molecular weight is 419 g/mol. The number of nitrogens with two attached hydrogens (primary N) is 1. The molecule has 0 aliphatic carbocycles. The highest BCUT2D eigenvalue weighted by Gasteiger charge is 2.22. The second kappa shape index (κ2) is 8.27. The van der Waals surface area contributed by atoms with Crippen molar-refractivity contribution in [2.24, 2.45) is 0 Å². The Hall–Kier alpha value is -3.59. The molecule has 1 fully saturated rings. The Kier molecular flexibility index (Phi) is 5.17. The zero-order valence-electron chi connectivity index (χ0n) is 17.4. The van der Waals surface area contributed by atoms with E-state index in [2.05, 4.69) is 42.2 Å². The number of hydrogen-bond acceptors (Lipinski definition) is 9. The Morgan fingerprint density at radius 1 is 1.03 bits per heavy atom. The van der Waals surface area contributed by atoms with Crippen molar-refractivity contribution in [3.63, 3.8) is 0 Å². The van der Waals surface area contributed by atoms with Gasteiger partial charge in [-0.05, 0) is 36.8 Å². The van der Waals surface area contributed by atoms with Crippen LogP contribution in [0.4, 0.5) is 23.1 Å². The number of aromatic nitrogens is 3. The lowest BCUT2D eigenvalue weighted by atomic mass is 10.1. The SMILES string of the molecule is Cc1cccc(Nc2ncnc(N3CCN(Cc4ccc5c(c4)OCO5)CC3)c2N)n1. The Labute approximate surface area is 180 Å². The molecule has 160 valence electrons. The summed E-state index contributed by atoms with van der Waals surface area (Å²) in [7, 11) is 0. The van der Waals surface area contributed by atoms with Crippen LogP contribution in [0.1, 0.15) is 11.3 Å². The van der Waals surface area contributed by atoms with Gasteiger partial charge in [-0.2, -0.15) is 0 Å². The number of anilines is 4. The molecule has 4 heterocycles. The molecule has 5 rings (SSSR count). The molecule has 1 aromatic carbocycles. The molecule has 0 amide bonds. The summed E-state index contributed by atoms with van der Waals surface area (Å²) in [6, 6.07) is 11.9. The zero-order valence-corrected chi connectivity index (χ0v) is 17.4. The van der Waals surface area contributed by atoms with E-state index in [1.165, 1.54) is 5.56 Å². The number of benzene rings is 1. The quantitative estimate of drug-likeness (QED) is 0.646. The summed E-state index contributed by atoms with van der Waals surface area (Å²) < 4.78 is 10.9. The first-order chi connectivity index (χ1) is 15.2. The van der Waals surface area contributed by atoms with E-state index < -0.39 is 0 Å². The fourth-order valence-corrected chi connectivity index (χ4v) is 3.89. The van der Waals surface area contributed by atoms with Crippen molar-refractivity contribution in [1.29, 1.82) is 0 Å². The largest absolute Gasteiger partial charge is 0.454 e. The van der Waals surface area contributed by atoms with Crippen molar-refractivity contribution in [1.82, 2.24) is 19.9 Å². The summed E-state index contributed by atoms with van der Waals surface area (Å²) in [4.78, 5) is 17.8. The highest BCUT2D eigenvalue weighted by atomic mass is 16.7. The molecule has 31 heavy (non-hydrogen) atoms. The number of pyridine rings is 1. The molecule has 0 atom stereocenters. The first kappa shape index (κ1) is 19.4. The van der Waals surface area contributed by atoms with Crippen molar-refractivity contribution in [2.75, 3.05) is 48.9 Å². The van der Waals surface area contributed by atoms with Crippen molar-refractivity contribution < 1.29 is 9.47 Å². The number of piperazine rings is 1. The molecule has 1 saturated heterocycles. The zero-order chi connectivity index (χ0) is 21.2. The van der Waals surface area contributed by atoms with Gasteiger partial charge in [0, 0.05) is 38.4 Å². The summed E-state index contributed by atoms with van der Waals surface area (Å²) in [5.41, 5.74) is 9.10. The minimum Gasteiger partial charge on any atom is -0.454 e. The predicted molar refractivity (Wildman–Crippen MR) is 119 cm³/mol.